The van der Waals surface area contributed by atoms with Gasteiger partial charge in [0, 0.05) is 6.42 Å². The van der Waals surface area contributed by atoms with Crippen LogP contribution in [0.4, 0.5) is 4.79 Å². The van der Waals surface area contributed by atoms with E-state index in [9.17, 15) is 14.7 Å². The molecule has 0 aromatic heterocycles. The van der Waals surface area contributed by atoms with E-state index in [1.165, 1.54) is 19.3 Å². The molecule has 0 saturated carbocycles. The predicted octanol–water partition coefficient (Wildman–Crippen LogP) is 4.36. The second-order valence-electron chi connectivity index (χ2n) is 8.07. The van der Waals surface area contributed by atoms with Crippen LogP contribution in [0, 0.1) is 0 Å². The molecule has 2 fully saturated rings. The number of unbranched alkanes of at least 4 members (excludes halogenated alkanes) is 5. The van der Waals surface area contributed by atoms with Crippen molar-refractivity contribution in [2.45, 2.75) is 109 Å². The van der Waals surface area contributed by atoms with Crippen LogP contribution in [0.1, 0.15) is 85.0 Å². The first-order chi connectivity index (χ1) is 12.8. The zero-order valence-corrected chi connectivity index (χ0v) is 17.6. The monoisotopic (exact) mass is 403 g/mol. The smallest absolute Gasteiger partial charge is 0.417 e. The number of alkyl halides is 1. The number of nitrogens with zero attached hydrogens (tertiary/aromatic N) is 1. The number of ether oxygens (including phenoxy) is 2. The second-order valence-corrected chi connectivity index (χ2v) is 8.34. The third-order valence-corrected chi connectivity index (χ3v) is 6.28. The highest BCUT2D eigenvalue weighted by Gasteiger charge is 2.61. The van der Waals surface area contributed by atoms with Gasteiger partial charge >= 0.3 is 6.09 Å². The normalized spacial score (nSPS) is 33.1. The fourth-order valence-electron chi connectivity index (χ4n) is 4.25. The van der Waals surface area contributed by atoms with E-state index in [0.717, 1.165) is 30.6 Å². The Morgan fingerprint density at radius 1 is 1.19 bits per heavy atom. The summed E-state index contributed by atoms with van der Waals surface area (Å²) in [5.41, 5.74) is -1.93. The van der Waals surface area contributed by atoms with Crippen molar-refractivity contribution >= 4 is 23.6 Å². The number of aliphatic hydroxyl groups is 1. The third-order valence-electron chi connectivity index (χ3n) is 6.05. The molecule has 2 saturated heterocycles. The summed E-state index contributed by atoms with van der Waals surface area (Å²) in [4.78, 5) is 25.3. The van der Waals surface area contributed by atoms with Gasteiger partial charge in [-0.05, 0) is 19.8 Å². The molecular weight excluding hydrogens is 370 g/mol. The topological polar surface area (TPSA) is 76.1 Å². The highest BCUT2D eigenvalue weighted by atomic mass is 35.5. The number of imide groups is 1. The summed E-state index contributed by atoms with van der Waals surface area (Å²) in [5.74, 6) is -0.820. The van der Waals surface area contributed by atoms with E-state index >= 15 is 0 Å². The first-order valence-electron chi connectivity index (χ1n) is 10.3. The SMILES string of the molecule is CCCCCCCC1(C)OC2OC(=O)N(C(=O)CCl)C2CC1(O)CCCC. The highest BCUT2D eigenvalue weighted by Crippen LogP contribution is 2.47. The average molecular weight is 404 g/mol. The van der Waals surface area contributed by atoms with Crippen LogP contribution >= 0.6 is 11.6 Å². The number of halogens is 1. The van der Waals surface area contributed by atoms with Crippen molar-refractivity contribution in [3.05, 3.63) is 0 Å². The molecule has 2 heterocycles. The molecule has 0 spiro atoms. The number of hydrogen-bond donors (Lipinski definition) is 1. The van der Waals surface area contributed by atoms with Crippen LogP contribution in [0.25, 0.3) is 0 Å². The Labute approximate surface area is 167 Å². The molecule has 2 amide bonds. The standard InChI is InChI=1S/C20H34ClNO5/c1-4-6-8-9-10-11-19(3)20(25,12-7-5-2)13-15-17(27-19)26-18(24)22(15)16(23)14-21/h15,17,25H,4-14H2,1-3H3. The van der Waals surface area contributed by atoms with Crippen molar-refractivity contribution < 1.29 is 24.2 Å². The van der Waals surface area contributed by atoms with E-state index < -0.39 is 35.5 Å². The Morgan fingerprint density at radius 2 is 1.85 bits per heavy atom. The summed E-state index contributed by atoms with van der Waals surface area (Å²) in [6, 6.07) is -0.626. The van der Waals surface area contributed by atoms with E-state index in [4.69, 9.17) is 21.1 Å². The molecule has 0 aromatic carbocycles. The van der Waals surface area contributed by atoms with Gasteiger partial charge in [0.05, 0.1) is 11.2 Å². The number of hydrogen-bond acceptors (Lipinski definition) is 5. The lowest BCUT2D eigenvalue weighted by Gasteiger charge is -2.51. The van der Waals surface area contributed by atoms with Gasteiger partial charge in [-0.15, -0.1) is 11.6 Å². The Morgan fingerprint density at radius 3 is 2.48 bits per heavy atom. The number of fused-ring (bicyclic) bond motifs is 1. The molecule has 0 radical (unpaired) electrons. The minimum atomic E-state index is -1.12. The van der Waals surface area contributed by atoms with E-state index in [1.54, 1.807) is 0 Å². The van der Waals surface area contributed by atoms with Gasteiger partial charge in [-0.3, -0.25) is 4.79 Å². The van der Waals surface area contributed by atoms with Crippen molar-refractivity contribution in [2.24, 2.45) is 0 Å². The van der Waals surface area contributed by atoms with Crippen LogP contribution < -0.4 is 0 Å². The maximum absolute atomic E-state index is 12.2. The number of carbonyl (C=O) groups is 2. The molecule has 4 unspecified atom stereocenters. The second kappa shape index (κ2) is 9.57. The molecule has 7 heteroatoms. The highest BCUT2D eigenvalue weighted by molar-refractivity contribution is 6.28. The fourth-order valence-corrected chi connectivity index (χ4v) is 4.38. The zero-order chi connectivity index (χ0) is 20.1. The van der Waals surface area contributed by atoms with E-state index in [0.29, 0.717) is 12.8 Å². The number of carbonyl (C=O) groups excluding carboxylic acids is 2. The molecular formula is C20H34ClNO5. The summed E-state index contributed by atoms with van der Waals surface area (Å²) in [6.45, 7) is 6.17. The first kappa shape index (κ1) is 22.4. The minimum Gasteiger partial charge on any atom is -0.417 e. The molecule has 1 N–H and O–H groups in total. The van der Waals surface area contributed by atoms with Gasteiger partial charge in [-0.2, -0.15) is 0 Å². The third kappa shape index (κ3) is 4.77. The lowest BCUT2D eigenvalue weighted by molar-refractivity contribution is -0.286. The Hall–Kier alpha value is -0.850. The molecule has 0 bridgehead atoms. The molecule has 2 aliphatic rings. The van der Waals surface area contributed by atoms with Gasteiger partial charge in [0.1, 0.15) is 11.9 Å². The predicted molar refractivity (Wildman–Crippen MR) is 104 cm³/mol. The maximum Gasteiger partial charge on any atom is 0.419 e. The molecule has 4 atom stereocenters. The lowest BCUT2D eigenvalue weighted by atomic mass is 9.71. The van der Waals surface area contributed by atoms with Gasteiger partial charge in [-0.1, -0.05) is 58.8 Å². The minimum absolute atomic E-state index is 0.261. The van der Waals surface area contributed by atoms with Gasteiger partial charge in [-0.25, -0.2) is 9.69 Å². The first-order valence-corrected chi connectivity index (χ1v) is 10.8. The average Bonchev–Trinajstić information content (AvgIpc) is 2.93. The molecule has 0 aliphatic carbocycles. The number of rotatable bonds is 10. The molecule has 0 aromatic rings. The summed E-state index contributed by atoms with van der Waals surface area (Å²) >= 11 is 5.65. The lowest BCUT2D eigenvalue weighted by Crippen LogP contribution is -2.64. The number of amides is 2. The molecule has 2 aliphatic heterocycles. The van der Waals surface area contributed by atoms with Crippen molar-refractivity contribution in [1.82, 2.24) is 4.90 Å². The van der Waals surface area contributed by atoms with Gasteiger partial charge in [0.2, 0.25) is 12.2 Å². The Kier molecular flexibility index (Phi) is 7.95. The van der Waals surface area contributed by atoms with Crippen molar-refractivity contribution in [3.8, 4) is 0 Å². The van der Waals surface area contributed by atoms with Gasteiger partial charge in [0.25, 0.3) is 0 Å². The van der Waals surface area contributed by atoms with Crippen molar-refractivity contribution in [3.63, 3.8) is 0 Å². The fraction of sp³-hybridized carbons (Fsp3) is 0.900. The molecule has 156 valence electrons. The molecule has 2 rings (SSSR count). The van der Waals surface area contributed by atoms with Crippen LogP contribution in [-0.4, -0.2) is 51.4 Å². The van der Waals surface area contributed by atoms with E-state index in [-0.39, 0.29) is 12.3 Å². The summed E-state index contributed by atoms with van der Waals surface area (Å²) in [7, 11) is 0. The van der Waals surface area contributed by atoms with Crippen LogP contribution in [-0.2, 0) is 14.3 Å². The van der Waals surface area contributed by atoms with Crippen LogP contribution in [0.5, 0.6) is 0 Å². The largest absolute Gasteiger partial charge is 0.419 e. The van der Waals surface area contributed by atoms with Crippen LogP contribution in [0.15, 0.2) is 0 Å². The van der Waals surface area contributed by atoms with Crippen LogP contribution in [0.3, 0.4) is 0 Å². The van der Waals surface area contributed by atoms with Gasteiger partial charge in [0.15, 0.2) is 0 Å². The summed E-state index contributed by atoms with van der Waals surface area (Å²) < 4.78 is 11.5. The Bertz CT molecular complexity index is 531. The quantitative estimate of drug-likeness (QED) is 0.433. The zero-order valence-electron chi connectivity index (χ0n) is 16.8. The maximum atomic E-state index is 12.2. The van der Waals surface area contributed by atoms with Gasteiger partial charge < -0.3 is 14.6 Å². The molecule has 6 nitrogen and oxygen atoms in total. The van der Waals surface area contributed by atoms with E-state index in [2.05, 4.69) is 13.8 Å². The Balaban J connectivity index is 2.17. The summed E-state index contributed by atoms with van der Waals surface area (Å²) in [5, 5.41) is 11.6. The van der Waals surface area contributed by atoms with Crippen molar-refractivity contribution in [1.29, 1.82) is 0 Å². The van der Waals surface area contributed by atoms with Crippen molar-refractivity contribution in [2.75, 3.05) is 5.88 Å². The summed E-state index contributed by atoms with van der Waals surface area (Å²) in [6.07, 6.45) is 7.32. The van der Waals surface area contributed by atoms with E-state index in [1.807, 2.05) is 6.92 Å². The molecule has 27 heavy (non-hydrogen) atoms. The van der Waals surface area contributed by atoms with Crippen LogP contribution in [0.2, 0.25) is 0 Å².